The molecule has 1 unspecified atom stereocenters. The summed E-state index contributed by atoms with van der Waals surface area (Å²) in [7, 11) is 2.14. The third kappa shape index (κ3) is 3.80. The minimum Gasteiger partial charge on any atom is -0.465 e. The highest BCUT2D eigenvalue weighted by Crippen LogP contribution is 2.39. The number of nitrogens with zero attached hydrogens (tertiary/aromatic N) is 2. The highest BCUT2D eigenvalue weighted by molar-refractivity contribution is 5.99. The molecule has 0 radical (unpaired) electrons. The number of hydrogen-bond acceptors (Lipinski definition) is 3. The summed E-state index contributed by atoms with van der Waals surface area (Å²) in [6, 6.07) is 5.88. The van der Waals surface area contributed by atoms with Crippen molar-refractivity contribution in [3.05, 3.63) is 35.0 Å². The van der Waals surface area contributed by atoms with Crippen LogP contribution in [-0.2, 0) is 24.6 Å². The number of likely N-dealkylation sites (tertiary alicyclic amines) is 1. The van der Waals surface area contributed by atoms with E-state index in [0.29, 0.717) is 31.0 Å². The maximum absolute atomic E-state index is 13.1. The molecule has 7 nitrogen and oxygen atoms in total. The fraction of sp³-hybridized carbons (Fsp3) is 0.583. The predicted molar refractivity (Wildman–Crippen MR) is 117 cm³/mol. The number of hydrogen-bond donors (Lipinski definition) is 2. The van der Waals surface area contributed by atoms with Gasteiger partial charge in [-0.15, -0.1) is 0 Å². The Labute approximate surface area is 182 Å². The summed E-state index contributed by atoms with van der Waals surface area (Å²) in [4.78, 5) is 25.8. The summed E-state index contributed by atoms with van der Waals surface area (Å²) in [5.41, 5.74) is 4.72. The molecule has 31 heavy (non-hydrogen) atoms. The summed E-state index contributed by atoms with van der Waals surface area (Å²) in [6.07, 6.45) is 5.37. The molecule has 5 rings (SSSR count). The molecule has 0 spiro atoms. The number of rotatable bonds is 3. The first-order valence-corrected chi connectivity index (χ1v) is 11.5. The quantitative estimate of drug-likeness (QED) is 0.791. The molecule has 2 fully saturated rings. The van der Waals surface area contributed by atoms with Crippen LogP contribution in [0.25, 0.3) is 10.9 Å². The number of carboxylic acid groups (broad SMARTS) is 1. The van der Waals surface area contributed by atoms with E-state index >= 15 is 0 Å². The molecular formula is C24H31N3O4. The second kappa shape index (κ2) is 8.19. The van der Waals surface area contributed by atoms with E-state index in [4.69, 9.17) is 9.84 Å². The van der Waals surface area contributed by atoms with E-state index in [0.717, 1.165) is 44.8 Å². The van der Waals surface area contributed by atoms with Crippen LogP contribution in [0.4, 0.5) is 4.79 Å². The Kier molecular flexibility index (Phi) is 5.38. The number of carbonyl (C=O) groups is 2. The van der Waals surface area contributed by atoms with E-state index in [-0.39, 0.29) is 11.9 Å². The molecule has 1 aliphatic carbocycles. The minimum atomic E-state index is -1.03. The Morgan fingerprint density at radius 2 is 1.94 bits per heavy atom. The van der Waals surface area contributed by atoms with Crippen molar-refractivity contribution in [2.24, 2.45) is 18.9 Å². The molecule has 2 aromatic rings. The molecule has 7 heteroatoms. The zero-order valence-corrected chi connectivity index (χ0v) is 18.1. The van der Waals surface area contributed by atoms with Crippen LogP contribution in [0, 0.1) is 11.8 Å². The Morgan fingerprint density at radius 3 is 2.71 bits per heavy atom. The number of nitrogens with one attached hydrogen (secondary N) is 1. The molecule has 2 atom stereocenters. The van der Waals surface area contributed by atoms with E-state index in [9.17, 15) is 9.59 Å². The van der Waals surface area contributed by atoms with Gasteiger partial charge in [-0.25, -0.2) is 4.79 Å². The molecule has 1 aromatic carbocycles. The Hall–Kier alpha value is -2.54. The van der Waals surface area contributed by atoms with Gasteiger partial charge in [0.15, 0.2) is 0 Å². The Balaban J connectivity index is 1.40. The monoisotopic (exact) mass is 425 g/mol. The van der Waals surface area contributed by atoms with Gasteiger partial charge in [0.2, 0.25) is 0 Å². The van der Waals surface area contributed by atoms with Crippen molar-refractivity contribution in [3.8, 4) is 0 Å². The molecule has 3 aliphatic rings. The zero-order chi connectivity index (χ0) is 21.5. The molecule has 0 bridgehead atoms. The van der Waals surface area contributed by atoms with E-state index in [1.54, 1.807) is 4.90 Å². The van der Waals surface area contributed by atoms with Crippen LogP contribution < -0.4 is 5.32 Å². The van der Waals surface area contributed by atoms with E-state index in [1.165, 1.54) is 28.6 Å². The van der Waals surface area contributed by atoms with Crippen molar-refractivity contribution < 1.29 is 19.4 Å². The fourth-order valence-electron chi connectivity index (χ4n) is 5.95. The first-order chi connectivity index (χ1) is 15.0. The lowest BCUT2D eigenvalue weighted by Crippen LogP contribution is -2.37. The number of fused-ring (bicyclic) bond motifs is 3. The first-order valence-electron chi connectivity index (χ1n) is 11.5. The number of ether oxygens (including phenoxy) is 1. The summed E-state index contributed by atoms with van der Waals surface area (Å²) in [5.74, 6) is 1.43. The molecule has 166 valence electrons. The van der Waals surface area contributed by atoms with Gasteiger partial charge in [0.25, 0.3) is 5.91 Å². The van der Waals surface area contributed by atoms with Gasteiger partial charge < -0.3 is 24.6 Å². The maximum atomic E-state index is 13.1. The molecule has 2 N–H and O–H groups in total. The van der Waals surface area contributed by atoms with Crippen molar-refractivity contribution in [1.82, 2.24) is 14.8 Å². The van der Waals surface area contributed by atoms with Crippen molar-refractivity contribution in [2.75, 3.05) is 26.3 Å². The fourth-order valence-corrected chi connectivity index (χ4v) is 5.95. The van der Waals surface area contributed by atoms with Crippen molar-refractivity contribution in [2.45, 2.75) is 44.6 Å². The summed E-state index contributed by atoms with van der Waals surface area (Å²) in [6.45, 7) is 2.79. The van der Waals surface area contributed by atoms with Gasteiger partial charge in [0.1, 0.15) is 0 Å². The third-order valence-corrected chi connectivity index (χ3v) is 7.64. The number of carbonyl (C=O) groups excluding carboxylic acids is 1. The van der Waals surface area contributed by atoms with Gasteiger partial charge in [-0.05, 0) is 74.1 Å². The van der Waals surface area contributed by atoms with Crippen LogP contribution in [0.2, 0.25) is 0 Å². The van der Waals surface area contributed by atoms with Crippen LogP contribution in [-0.4, -0.2) is 58.9 Å². The predicted octanol–water partition coefficient (Wildman–Crippen LogP) is 3.19. The number of aryl methyl sites for hydroxylation is 1. The third-order valence-electron chi connectivity index (χ3n) is 7.64. The zero-order valence-electron chi connectivity index (χ0n) is 18.1. The Morgan fingerprint density at radius 1 is 1.13 bits per heavy atom. The normalized spacial score (nSPS) is 24.4. The number of benzene rings is 1. The molecule has 2 aliphatic heterocycles. The second-order valence-corrected chi connectivity index (χ2v) is 9.36. The molecule has 1 aromatic heterocycles. The van der Waals surface area contributed by atoms with E-state index in [1.807, 2.05) is 6.07 Å². The van der Waals surface area contributed by atoms with Gasteiger partial charge in [0.05, 0.1) is 6.04 Å². The lowest BCUT2D eigenvalue weighted by molar-refractivity contribution is 0.0439. The molecule has 3 heterocycles. The minimum absolute atomic E-state index is 0.00835. The highest BCUT2D eigenvalue weighted by Gasteiger charge is 2.32. The van der Waals surface area contributed by atoms with Crippen molar-refractivity contribution >= 4 is 22.9 Å². The van der Waals surface area contributed by atoms with Gasteiger partial charge >= 0.3 is 6.09 Å². The lowest BCUT2D eigenvalue weighted by atomic mass is 9.75. The summed E-state index contributed by atoms with van der Waals surface area (Å²) in [5, 5.41) is 12.6. The molecular weight excluding hydrogens is 394 g/mol. The molecule has 0 saturated carbocycles. The first kappa shape index (κ1) is 20.4. The number of aromatic nitrogens is 1. The maximum Gasteiger partial charge on any atom is 0.404 e. The van der Waals surface area contributed by atoms with Gasteiger partial charge in [-0.2, -0.15) is 0 Å². The second-order valence-electron chi connectivity index (χ2n) is 9.36. The average molecular weight is 426 g/mol. The smallest absolute Gasteiger partial charge is 0.404 e. The molecule has 2 saturated heterocycles. The van der Waals surface area contributed by atoms with Crippen LogP contribution in [0.3, 0.4) is 0 Å². The summed E-state index contributed by atoms with van der Waals surface area (Å²) >= 11 is 0. The lowest BCUT2D eigenvalue weighted by Gasteiger charge is -2.33. The topological polar surface area (TPSA) is 83.8 Å². The Bertz CT molecular complexity index is 1010. The van der Waals surface area contributed by atoms with Crippen LogP contribution in [0.5, 0.6) is 0 Å². The molecule has 2 amide bonds. The van der Waals surface area contributed by atoms with Crippen LogP contribution >= 0.6 is 0 Å². The largest absolute Gasteiger partial charge is 0.465 e. The summed E-state index contributed by atoms with van der Waals surface area (Å²) < 4.78 is 7.88. The van der Waals surface area contributed by atoms with Gasteiger partial charge in [0, 0.05) is 55.5 Å². The van der Waals surface area contributed by atoms with Gasteiger partial charge in [-0.3, -0.25) is 4.79 Å². The van der Waals surface area contributed by atoms with Crippen LogP contribution in [0.1, 0.15) is 47.3 Å². The SMILES string of the molecule is Cn1c2c(c3cc(C(=O)N4CC[C@H](NC(=O)O)C4)ccc31)CC(C1CCOCC1)CC2. The average Bonchev–Trinajstić information content (AvgIpc) is 3.36. The van der Waals surface area contributed by atoms with Gasteiger partial charge in [-0.1, -0.05) is 0 Å². The van der Waals surface area contributed by atoms with Crippen LogP contribution in [0.15, 0.2) is 18.2 Å². The highest BCUT2D eigenvalue weighted by atomic mass is 16.5. The van der Waals surface area contributed by atoms with Crippen molar-refractivity contribution in [1.29, 1.82) is 0 Å². The van der Waals surface area contributed by atoms with E-state index < -0.39 is 6.09 Å². The van der Waals surface area contributed by atoms with E-state index in [2.05, 4.69) is 29.1 Å². The number of amides is 2. The standard InChI is InChI=1S/C24H31N3O4/c1-26-21-4-2-16(15-7-10-31-11-8-15)12-19(21)20-13-17(3-5-22(20)26)23(28)27-9-6-18(14-27)25-24(29)30/h3,5,13,15-16,18,25H,2,4,6-12,14H2,1H3,(H,29,30)/t16?,18-/m0/s1. The van der Waals surface area contributed by atoms with Crippen molar-refractivity contribution in [3.63, 3.8) is 0 Å².